The highest BCUT2D eigenvalue weighted by molar-refractivity contribution is 5.37. The lowest BCUT2D eigenvalue weighted by Crippen LogP contribution is -2.18. The van der Waals surface area contributed by atoms with E-state index in [9.17, 15) is 0 Å². The first-order valence-electron chi connectivity index (χ1n) is 5.11. The van der Waals surface area contributed by atoms with Crippen LogP contribution >= 0.6 is 0 Å². The number of anilines is 1. The van der Waals surface area contributed by atoms with Crippen LogP contribution in [0.1, 0.15) is 30.0 Å². The second-order valence-corrected chi connectivity index (χ2v) is 4.10. The van der Waals surface area contributed by atoms with Crippen LogP contribution in [0.5, 0.6) is 0 Å². The third-order valence-corrected chi connectivity index (χ3v) is 3.05. The lowest BCUT2D eigenvalue weighted by molar-refractivity contribution is 0.316. The summed E-state index contributed by atoms with van der Waals surface area (Å²) in [6.07, 6.45) is 4.45. The molecule has 2 N–H and O–H groups in total. The molecule has 1 aliphatic rings. The van der Waals surface area contributed by atoms with E-state index in [1.165, 1.54) is 30.5 Å². The zero-order valence-corrected chi connectivity index (χ0v) is 8.83. The molecule has 0 amide bonds. The van der Waals surface area contributed by atoms with E-state index in [0.717, 1.165) is 0 Å². The van der Waals surface area contributed by atoms with Gasteiger partial charge in [-0.3, -0.25) is 4.90 Å². The van der Waals surface area contributed by atoms with Gasteiger partial charge in [0.1, 0.15) is 5.82 Å². The summed E-state index contributed by atoms with van der Waals surface area (Å²) < 4.78 is 0. The van der Waals surface area contributed by atoms with Crippen molar-refractivity contribution in [3.05, 3.63) is 23.4 Å². The average molecular weight is 191 g/mol. The Hall–Kier alpha value is -1.09. The maximum Gasteiger partial charge on any atom is 0.123 e. The molecular formula is C11H17N3. The second-order valence-electron chi connectivity index (χ2n) is 4.10. The van der Waals surface area contributed by atoms with Gasteiger partial charge in [-0.25, -0.2) is 4.98 Å². The highest BCUT2D eigenvalue weighted by Crippen LogP contribution is 2.31. The quantitative estimate of drug-likeness (QED) is 0.735. The molecule has 1 fully saturated rings. The molecule has 0 aliphatic carbocycles. The van der Waals surface area contributed by atoms with Gasteiger partial charge >= 0.3 is 0 Å². The van der Waals surface area contributed by atoms with E-state index in [0.29, 0.717) is 11.9 Å². The maximum absolute atomic E-state index is 5.64. The third kappa shape index (κ3) is 1.60. The van der Waals surface area contributed by atoms with Crippen LogP contribution in [0, 0.1) is 6.92 Å². The number of hydrogen-bond acceptors (Lipinski definition) is 3. The number of aromatic nitrogens is 1. The molecule has 1 aromatic heterocycles. The van der Waals surface area contributed by atoms with Crippen LogP contribution in [-0.4, -0.2) is 23.5 Å². The largest absolute Gasteiger partial charge is 0.384 e. The minimum Gasteiger partial charge on any atom is -0.384 e. The Morgan fingerprint density at radius 3 is 2.93 bits per heavy atom. The molecule has 14 heavy (non-hydrogen) atoms. The summed E-state index contributed by atoms with van der Waals surface area (Å²) in [4.78, 5) is 6.56. The standard InChI is InChI=1S/C11H17N3/c1-8-6-11(12)13-7-9(8)10-4-3-5-14(10)2/h6-7,10H,3-5H2,1-2H3,(H2,12,13). The van der Waals surface area contributed by atoms with E-state index >= 15 is 0 Å². The highest BCUT2D eigenvalue weighted by atomic mass is 15.1. The number of nitrogen functional groups attached to an aromatic ring is 1. The molecule has 76 valence electrons. The Kier molecular flexibility index (Phi) is 2.42. The SMILES string of the molecule is Cc1cc(N)ncc1C1CCCN1C. The van der Waals surface area contributed by atoms with Crippen LogP contribution < -0.4 is 5.73 Å². The van der Waals surface area contributed by atoms with Crippen molar-refractivity contribution in [2.24, 2.45) is 0 Å². The number of nitrogens with zero attached hydrogens (tertiary/aromatic N) is 2. The van der Waals surface area contributed by atoms with E-state index in [4.69, 9.17) is 5.73 Å². The summed E-state index contributed by atoms with van der Waals surface area (Å²) in [6.45, 7) is 3.30. The fraction of sp³-hybridized carbons (Fsp3) is 0.545. The summed E-state index contributed by atoms with van der Waals surface area (Å²) in [7, 11) is 2.17. The monoisotopic (exact) mass is 191 g/mol. The number of likely N-dealkylation sites (tertiary alicyclic amines) is 1. The molecule has 1 saturated heterocycles. The molecule has 2 rings (SSSR count). The van der Waals surface area contributed by atoms with Crippen molar-refractivity contribution >= 4 is 5.82 Å². The average Bonchev–Trinajstić information content (AvgIpc) is 2.52. The number of rotatable bonds is 1. The molecule has 0 saturated carbocycles. The molecule has 3 heteroatoms. The predicted molar refractivity (Wildman–Crippen MR) is 58.0 cm³/mol. The van der Waals surface area contributed by atoms with Gasteiger partial charge in [-0.15, -0.1) is 0 Å². The van der Waals surface area contributed by atoms with Crippen molar-refractivity contribution in [2.75, 3.05) is 19.3 Å². The van der Waals surface area contributed by atoms with Gasteiger partial charge < -0.3 is 5.73 Å². The van der Waals surface area contributed by atoms with Gasteiger partial charge in [-0.05, 0) is 50.6 Å². The topological polar surface area (TPSA) is 42.1 Å². The molecule has 1 aromatic rings. The fourth-order valence-corrected chi connectivity index (χ4v) is 2.24. The first-order valence-corrected chi connectivity index (χ1v) is 5.11. The zero-order valence-electron chi connectivity index (χ0n) is 8.83. The third-order valence-electron chi connectivity index (χ3n) is 3.05. The maximum atomic E-state index is 5.64. The molecule has 0 spiro atoms. The van der Waals surface area contributed by atoms with Crippen LogP contribution in [0.4, 0.5) is 5.82 Å². The smallest absolute Gasteiger partial charge is 0.123 e. The summed E-state index contributed by atoms with van der Waals surface area (Å²) in [5, 5.41) is 0. The first-order chi connectivity index (χ1) is 6.68. The van der Waals surface area contributed by atoms with Gasteiger partial charge in [-0.1, -0.05) is 0 Å². The van der Waals surface area contributed by atoms with Crippen molar-refractivity contribution < 1.29 is 0 Å². The molecule has 1 atom stereocenters. The van der Waals surface area contributed by atoms with Crippen molar-refractivity contribution in [1.82, 2.24) is 9.88 Å². The molecule has 0 bridgehead atoms. The lowest BCUT2D eigenvalue weighted by atomic mass is 10.0. The van der Waals surface area contributed by atoms with Crippen molar-refractivity contribution in [1.29, 1.82) is 0 Å². The summed E-state index contributed by atoms with van der Waals surface area (Å²) >= 11 is 0. The Balaban J connectivity index is 2.31. The molecular weight excluding hydrogens is 174 g/mol. The fourth-order valence-electron chi connectivity index (χ4n) is 2.24. The minimum absolute atomic E-state index is 0.545. The summed E-state index contributed by atoms with van der Waals surface area (Å²) in [6, 6.07) is 2.50. The summed E-state index contributed by atoms with van der Waals surface area (Å²) in [5.41, 5.74) is 8.23. The van der Waals surface area contributed by atoms with E-state index in [-0.39, 0.29) is 0 Å². The molecule has 3 nitrogen and oxygen atoms in total. The van der Waals surface area contributed by atoms with Crippen molar-refractivity contribution in [2.45, 2.75) is 25.8 Å². The van der Waals surface area contributed by atoms with Crippen LogP contribution in [0.3, 0.4) is 0 Å². The zero-order chi connectivity index (χ0) is 10.1. The van der Waals surface area contributed by atoms with E-state index in [1.807, 2.05) is 12.3 Å². The van der Waals surface area contributed by atoms with E-state index in [1.54, 1.807) is 0 Å². The molecule has 2 heterocycles. The molecule has 1 aliphatic heterocycles. The van der Waals surface area contributed by atoms with Crippen molar-refractivity contribution in [3.63, 3.8) is 0 Å². The number of pyridine rings is 1. The number of aryl methyl sites for hydroxylation is 1. The van der Waals surface area contributed by atoms with Crippen molar-refractivity contribution in [3.8, 4) is 0 Å². The lowest BCUT2D eigenvalue weighted by Gasteiger charge is -2.21. The molecule has 0 radical (unpaired) electrons. The Labute approximate surface area is 84.9 Å². The Morgan fingerprint density at radius 2 is 2.36 bits per heavy atom. The predicted octanol–water partition coefficient (Wildman–Crippen LogP) is 1.74. The van der Waals surface area contributed by atoms with E-state index in [2.05, 4.69) is 23.9 Å². The number of nitrogens with two attached hydrogens (primary N) is 1. The molecule has 1 unspecified atom stereocenters. The van der Waals surface area contributed by atoms with Gasteiger partial charge in [0.15, 0.2) is 0 Å². The molecule has 0 aromatic carbocycles. The van der Waals surface area contributed by atoms with Gasteiger partial charge in [0.05, 0.1) is 0 Å². The van der Waals surface area contributed by atoms with Crippen LogP contribution in [0.15, 0.2) is 12.3 Å². The second kappa shape index (κ2) is 3.58. The van der Waals surface area contributed by atoms with Gasteiger partial charge in [-0.2, -0.15) is 0 Å². The first kappa shape index (κ1) is 9.46. The van der Waals surface area contributed by atoms with Crippen LogP contribution in [0.25, 0.3) is 0 Å². The highest BCUT2D eigenvalue weighted by Gasteiger charge is 2.23. The van der Waals surface area contributed by atoms with Gasteiger partial charge in [0, 0.05) is 12.2 Å². The minimum atomic E-state index is 0.545. The summed E-state index contributed by atoms with van der Waals surface area (Å²) in [5.74, 6) is 0.617. The van der Waals surface area contributed by atoms with Gasteiger partial charge in [0.25, 0.3) is 0 Å². The van der Waals surface area contributed by atoms with Gasteiger partial charge in [0.2, 0.25) is 0 Å². The van der Waals surface area contributed by atoms with Crippen LogP contribution in [-0.2, 0) is 0 Å². The van der Waals surface area contributed by atoms with E-state index < -0.39 is 0 Å². The van der Waals surface area contributed by atoms with Crippen LogP contribution in [0.2, 0.25) is 0 Å². The Morgan fingerprint density at radius 1 is 1.57 bits per heavy atom. The normalized spacial score (nSPS) is 22.9. The Bertz CT molecular complexity index is 335. The number of hydrogen-bond donors (Lipinski definition) is 1.